The van der Waals surface area contributed by atoms with E-state index < -0.39 is 0 Å². The van der Waals surface area contributed by atoms with Gasteiger partial charge in [-0.05, 0) is 49.7 Å². The molecular formula is C20H23NO3. The lowest BCUT2D eigenvalue weighted by atomic mass is 10.2. The van der Waals surface area contributed by atoms with Crippen LogP contribution in [0.1, 0.15) is 18.4 Å². The first-order valence-corrected chi connectivity index (χ1v) is 8.00. The van der Waals surface area contributed by atoms with Gasteiger partial charge in [0, 0.05) is 12.1 Å². The lowest BCUT2D eigenvalue weighted by Crippen LogP contribution is -2.12. The van der Waals surface area contributed by atoms with Gasteiger partial charge in [0.05, 0.1) is 6.61 Å². The van der Waals surface area contributed by atoms with Gasteiger partial charge >= 0.3 is 0 Å². The number of rotatable bonds is 9. The van der Waals surface area contributed by atoms with Crippen molar-refractivity contribution >= 4 is 11.6 Å². The molecule has 4 nitrogen and oxygen atoms in total. The molecule has 0 aliphatic rings. The Morgan fingerprint density at radius 2 is 1.67 bits per heavy atom. The quantitative estimate of drug-likeness (QED) is 0.550. The topological polar surface area (TPSA) is 47.6 Å². The first-order valence-electron chi connectivity index (χ1n) is 8.00. The number of aryl methyl sites for hydroxylation is 1. The lowest BCUT2D eigenvalue weighted by Gasteiger charge is -2.08. The average molecular weight is 325 g/mol. The molecule has 0 aliphatic heterocycles. The van der Waals surface area contributed by atoms with Crippen molar-refractivity contribution in [3.05, 3.63) is 66.7 Å². The maximum absolute atomic E-state index is 11.9. The first-order chi connectivity index (χ1) is 11.7. The normalized spacial score (nSPS) is 10.0. The zero-order valence-corrected chi connectivity index (χ0v) is 14.0. The molecule has 0 aliphatic carbocycles. The number of anilines is 1. The predicted molar refractivity (Wildman–Crippen MR) is 96.7 cm³/mol. The molecule has 0 fully saturated rings. The summed E-state index contributed by atoms with van der Waals surface area (Å²) in [6.07, 6.45) is 2.77. The number of hydrogen-bond acceptors (Lipinski definition) is 3. The highest BCUT2D eigenvalue weighted by atomic mass is 16.5. The van der Waals surface area contributed by atoms with Gasteiger partial charge in [0.15, 0.2) is 0 Å². The van der Waals surface area contributed by atoms with Crippen LogP contribution in [0, 0.1) is 6.92 Å². The average Bonchev–Trinajstić information content (AvgIpc) is 2.60. The highest BCUT2D eigenvalue weighted by Crippen LogP contribution is 2.16. The maximum Gasteiger partial charge on any atom is 0.224 e. The molecule has 0 aromatic heterocycles. The summed E-state index contributed by atoms with van der Waals surface area (Å²) in [6, 6.07) is 15.2. The minimum absolute atomic E-state index is 0.0257. The minimum atomic E-state index is -0.0257. The molecule has 2 aromatic carbocycles. The van der Waals surface area contributed by atoms with Gasteiger partial charge in [0.25, 0.3) is 0 Å². The van der Waals surface area contributed by atoms with Crippen LogP contribution in [0.5, 0.6) is 11.5 Å². The molecule has 0 atom stereocenters. The fraction of sp³-hybridized carbons (Fsp3) is 0.250. The largest absolute Gasteiger partial charge is 0.494 e. The van der Waals surface area contributed by atoms with Crippen LogP contribution < -0.4 is 14.8 Å². The van der Waals surface area contributed by atoms with Crippen LogP contribution in [-0.4, -0.2) is 19.1 Å². The number of carbonyl (C=O) groups is 1. The van der Waals surface area contributed by atoms with E-state index in [1.807, 2.05) is 55.5 Å². The van der Waals surface area contributed by atoms with Crippen molar-refractivity contribution in [1.82, 2.24) is 0 Å². The summed E-state index contributed by atoms with van der Waals surface area (Å²) in [5, 5.41) is 2.86. The molecule has 2 aromatic rings. The summed E-state index contributed by atoms with van der Waals surface area (Å²) >= 11 is 0. The molecule has 0 unspecified atom stereocenters. The molecule has 126 valence electrons. The predicted octanol–water partition coefficient (Wildman–Crippen LogP) is 4.36. The molecule has 0 saturated carbocycles. The third kappa shape index (κ3) is 6.16. The monoisotopic (exact) mass is 325 g/mol. The Morgan fingerprint density at radius 3 is 2.33 bits per heavy atom. The van der Waals surface area contributed by atoms with Crippen LogP contribution in [-0.2, 0) is 4.79 Å². The molecular weight excluding hydrogens is 302 g/mol. The Balaban J connectivity index is 1.67. The zero-order valence-electron chi connectivity index (χ0n) is 14.0. The van der Waals surface area contributed by atoms with Crippen LogP contribution >= 0.6 is 0 Å². The molecule has 2 rings (SSSR count). The second kappa shape index (κ2) is 9.40. The fourth-order valence-corrected chi connectivity index (χ4v) is 2.07. The van der Waals surface area contributed by atoms with Gasteiger partial charge in [-0.25, -0.2) is 0 Å². The molecule has 24 heavy (non-hydrogen) atoms. The molecule has 4 heteroatoms. The Morgan fingerprint density at radius 1 is 1.04 bits per heavy atom. The number of amides is 1. The fourth-order valence-electron chi connectivity index (χ4n) is 2.07. The molecule has 0 radical (unpaired) electrons. The number of carbonyl (C=O) groups excluding carboxylic acids is 1. The van der Waals surface area contributed by atoms with Crippen LogP contribution in [0.25, 0.3) is 0 Å². The number of ether oxygens (including phenoxy) is 2. The summed E-state index contributed by atoms with van der Waals surface area (Å²) in [4.78, 5) is 11.9. The third-order valence-electron chi connectivity index (χ3n) is 3.34. The molecule has 0 spiro atoms. The van der Waals surface area contributed by atoms with Gasteiger partial charge in [0.1, 0.15) is 18.1 Å². The van der Waals surface area contributed by atoms with E-state index in [1.54, 1.807) is 6.08 Å². The maximum atomic E-state index is 11.9. The van der Waals surface area contributed by atoms with Gasteiger partial charge in [0.2, 0.25) is 5.91 Å². The van der Waals surface area contributed by atoms with Gasteiger partial charge in [-0.1, -0.05) is 30.4 Å². The summed E-state index contributed by atoms with van der Waals surface area (Å²) in [5.41, 5.74) is 1.95. The van der Waals surface area contributed by atoms with Crippen LogP contribution in [0.2, 0.25) is 0 Å². The van der Waals surface area contributed by atoms with Gasteiger partial charge in [-0.2, -0.15) is 0 Å². The molecule has 1 N–H and O–H groups in total. The number of nitrogens with one attached hydrogen (secondary N) is 1. The second-order valence-electron chi connectivity index (χ2n) is 5.44. The summed E-state index contributed by atoms with van der Waals surface area (Å²) in [6.45, 7) is 6.62. The molecule has 0 bridgehead atoms. The smallest absolute Gasteiger partial charge is 0.224 e. The standard InChI is InChI=1S/C20H23NO3/c1-3-14-23-19-12-8-17(9-13-19)21-20(22)5-4-15-24-18-10-6-16(2)7-11-18/h3,6-13H,1,4-5,14-15H2,2H3,(H,21,22). The SMILES string of the molecule is C=CCOc1ccc(NC(=O)CCCOc2ccc(C)cc2)cc1. The highest BCUT2D eigenvalue weighted by Gasteiger charge is 2.03. The van der Waals surface area contributed by atoms with E-state index in [2.05, 4.69) is 11.9 Å². The van der Waals surface area contributed by atoms with Gasteiger partial charge in [-0.15, -0.1) is 0 Å². The first kappa shape index (κ1) is 17.6. The van der Waals surface area contributed by atoms with Crippen LogP contribution in [0.3, 0.4) is 0 Å². The van der Waals surface area contributed by atoms with Crippen molar-refractivity contribution in [2.24, 2.45) is 0 Å². The minimum Gasteiger partial charge on any atom is -0.494 e. The van der Waals surface area contributed by atoms with E-state index >= 15 is 0 Å². The highest BCUT2D eigenvalue weighted by molar-refractivity contribution is 5.90. The van der Waals surface area contributed by atoms with Crippen molar-refractivity contribution in [3.8, 4) is 11.5 Å². The summed E-state index contributed by atoms with van der Waals surface area (Å²) in [5.74, 6) is 1.55. The van der Waals surface area contributed by atoms with E-state index in [-0.39, 0.29) is 5.91 Å². The molecule has 0 heterocycles. The number of hydrogen-bond donors (Lipinski definition) is 1. The van der Waals surface area contributed by atoms with E-state index in [0.717, 1.165) is 17.2 Å². The van der Waals surface area contributed by atoms with Crippen molar-refractivity contribution < 1.29 is 14.3 Å². The Bertz CT molecular complexity index is 648. The third-order valence-corrected chi connectivity index (χ3v) is 3.34. The van der Waals surface area contributed by atoms with Crippen molar-refractivity contribution in [1.29, 1.82) is 0 Å². The van der Waals surface area contributed by atoms with E-state index in [4.69, 9.17) is 9.47 Å². The van der Waals surface area contributed by atoms with Gasteiger partial charge in [-0.3, -0.25) is 4.79 Å². The molecule has 1 amide bonds. The molecule has 0 saturated heterocycles. The van der Waals surface area contributed by atoms with Crippen LogP contribution in [0.4, 0.5) is 5.69 Å². The van der Waals surface area contributed by atoms with E-state index in [1.165, 1.54) is 5.56 Å². The number of benzene rings is 2. The van der Waals surface area contributed by atoms with Gasteiger partial charge < -0.3 is 14.8 Å². The lowest BCUT2D eigenvalue weighted by molar-refractivity contribution is -0.116. The van der Waals surface area contributed by atoms with Crippen molar-refractivity contribution in [2.75, 3.05) is 18.5 Å². The van der Waals surface area contributed by atoms with Crippen molar-refractivity contribution in [2.45, 2.75) is 19.8 Å². The Labute approximate surface area is 143 Å². The summed E-state index contributed by atoms with van der Waals surface area (Å²) in [7, 11) is 0. The van der Waals surface area contributed by atoms with Crippen LogP contribution in [0.15, 0.2) is 61.2 Å². The summed E-state index contributed by atoms with van der Waals surface area (Å²) < 4.78 is 11.0. The second-order valence-corrected chi connectivity index (χ2v) is 5.44. The zero-order chi connectivity index (χ0) is 17.2. The Kier molecular flexibility index (Phi) is 6.90. The van der Waals surface area contributed by atoms with E-state index in [0.29, 0.717) is 26.1 Å². The van der Waals surface area contributed by atoms with Crippen molar-refractivity contribution in [3.63, 3.8) is 0 Å². The van der Waals surface area contributed by atoms with E-state index in [9.17, 15) is 4.79 Å². The Hall–Kier alpha value is -2.75.